The van der Waals surface area contributed by atoms with Crippen molar-refractivity contribution in [2.75, 3.05) is 23.9 Å². The highest BCUT2D eigenvalue weighted by molar-refractivity contribution is 6.31. The molecule has 0 aliphatic carbocycles. The van der Waals surface area contributed by atoms with Crippen molar-refractivity contribution in [1.29, 1.82) is 0 Å². The highest BCUT2D eigenvalue weighted by Crippen LogP contribution is 2.27. The molecule has 1 aliphatic heterocycles. The molecule has 0 unspecified atom stereocenters. The first-order valence-corrected chi connectivity index (χ1v) is 7.13. The molecule has 0 radical (unpaired) electrons. The Morgan fingerprint density at radius 2 is 1.95 bits per heavy atom. The van der Waals surface area contributed by atoms with Crippen LogP contribution in [0.1, 0.15) is 12.0 Å². The van der Waals surface area contributed by atoms with E-state index in [1.165, 1.54) is 12.1 Å². The van der Waals surface area contributed by atoms with E-state index in [2.05, 4.69) is 10.4 Å². The third kappa shape index (κ3) is 2.85. The number of hydrogen-bond donors (Lipinski definition) is 1. The average molecular weight is 304 g/mol. The first kappa shape index (κ1) is 13.9. The second kappa shape index (κ2) is 5.74. The number of hydrazone groups is 1. The largest absolute Gasteiger partial charge is 0.388 e. The van der Waals surface area contributed by atoms with Crippen molar-refractivity contribution in [3.63, 3.8) is 0 Å². The van der Waals surface area contributed by atoms with Gasteiger partial charge in [0.15, 0.2) is 0 Å². The van der Waals surface area contributed by atoms with E-state index in [4.69, 9.17) is 11.6 Å². The number of hydrogen-bond acceptors (Lipinski definition) is 3. The maximum Gasteiger partial charge on any atom is 0.123 e. The molecule has 1 N–H and O–H groups in total. The van der Waals surface area contributed by atoms with Crippen LogP contribution in [0, 0.1) is 5.82 Å². The minimum Gasteiger partial charge on any atom is -0.388 e. The first-order chi connectivity index (χ1) is 10.2. The Morgan fingerprint density at radius 3 is 2.67 bits per heavy atom. The number of benzene rings is 2. The van der Waals surface area contributed by atoms with Crippen LogP contribution in [0.5, 0.6) is 0 Å². The molecule has 2 aromatic rings. The van der Waals surface area contributed by atoms with E-state index < -0.39 is 0 Å². The van der Waals surface area contributed by atoms with Crippen LogP contribution in [-0.2, 0) is 0 Å². The zero-order valence-electron chi connectivity index (χ0n) is 11.6. The van der Waals surface area contributed by atoms with Crippen LogP contribution in [0.3, 0.4) is 0 Å². The molecular weight excluding hydrogens is 289 g/mol. The summed E-state index contributed by atoms with van der Waals surface area (Å²) in [4.78, 5) is 0. The molecule has 2 aromatic carbocycles. The highest BCUT2D eigenvalue weighted by atomic mass is 35.5. The third-order valence-electron chi connectivity index (χ3n) is 3.49. The molecule has 1 heterocycles. The maximum absolute atomic E-state index is 13.0. The second-order valence-corrected chi connectivity index (χ2v) is 5.27. The molecule has 5 heteroatoms. The molecule has 0 spiro atoms. The van der Waals surface area contributed by atoms with Crippen LogP contribution < -0.4 is 10.3 Å². The van der Waals surface area contributed by atoms with Crippen LogP contribution >= 0.6 is 11.6 Å². The summed E-state index contributed by atoms with van der Waals surface area (Å²) >= 11 is 6.08. The van der Waals surface area contributed by atoms with Crippen molar-refractivity contribution in [3.8, 4) is 0 Å². The van der Waals surface area contributed by atoms with Gasteiger partial charge in [-0.3, -0.25) is 5.01 Å². The number of anilines is 2. The Kier molecular flexibility index (Phi) is 3.80. The van der Waals surface area contributed by atoms with Crippen LogP contribution in [0.4, 0.5) is 15.8 Å². The molecule has 0 atom stereocenters. The van der Waals surface area contributed by atoms with Gasteiger partial charge in [0, 0.05) is 36.3 Å². The molecular formula is C16H15ClFN3. The summed E-state index contributed by atoms with van der Waals surface area (Å²) in [5.74, 6) is -0.241. The summed E-state index contributed by atoms with van der Waals surface area (Å²) in [5, 5.41) is 10.4. The van der Waals surface area contributed by atoms with Crippen LogP contribution in [0.25, 0.3) is 0 Å². The van der Waals surface area contributed by atoms with E-state index in [-0.39, 0.29) is 5.82 Å². The molecule has 0 aromatic heterocycles. The fraction of sp³-hybridized carbons (Fsp3) is 0.188. The Balaban J connectivity index is 1.92. The summed E-state index contributed by atoms with van der Waals surface area (Å²) in [7, 11) is 1.87. The Hall–Kier alpha value is -2.07. The fourth-order valence-corrected chi connectivity index (χ4v) is 2.59. The number of nitrogens with one attached hydrogen (secondary N) is 1. The zero-order valence-corrected chi connectivity index (χ0v) is 12.4. The summed E-state index contributed by atoms with van der Waals surface area (Å²) in [6.45, 7) is 0.774. The molecule has 0 bridgehead atoms. The minimum absolute atomic E-state index is 0.241. The average Bonchev–Trinajstić information content (AvgIpc) is 2.97. The van der Waals surface area contributed by atoms with Gasteiger partial charge < -0.3 is 5.32 Å². The first-order valence-electron chi connectivity index (χ1n) is 6.75. The van der Waals surface area contributed by atoms with E-state index in [0.29, 0.717) is 5.02 Å². The molecule has 3 rings (SSSR count). The smallest absolute Gasteiger partial charge is 0.123 e. The van der Waals surface area contributed by atoms with Gasteiger partial charge >= 0.3 is 0 Å². The third-order valence-corrected chi connectivity index (χ3v) is 3.72. The summed E-state index contributed by atoms with van der Waals surface area (Å²) in [6, 6.07) is 12.1. The predicted molar refractivity (Wildman–Crippen MR) is 85.9 cm³/mol. The van der Waals surface area contributed by atoms with Crippen molar-refractivity contribution in [2.24, 2.45) is 5.10 Å². The number of halogens is 2. The van der Waals surface area contributed by atoms with Gasteiger partial charge in [-0.25, -0.2) is 4.39 Å². The van der Waals surface area contributed by atoms with Crippen LogP contribution in [0.2, 0.25) is 5.02 Å². The molecule has 3 nitrogen and oxygen atoms in total. The molecule has 0 amide bonds. The Labute approximate surface area is 128 Å². The molecule has 0 saturated heterocycles. The standard InChI is InChI=1S/C16H15ClFN3/c1-19-15-7-2-11(17)10-14(15)16-8-9-21(20-16)13-5-3-12(18)4-6-13/h2-7,10,19H,8-9H2,1H3. The van der Waals surface area contributed by atoms with Gasteiger partial charge in [0.05, 0.1) is 11.4 Å². The number of rotatable bonds is 3. The lowest BCUT2D eigenvalue weighted by molar-refractivity contribution is 0.627. The lowest BCUT2D eigenvalue weighted by Crippen LogP contribution is -2.11. The fourth-order valence-electron chi connectivity index (χ4n) is 2.42. The van der Waals surface area contributed by atoms with Gasteiger partial charge in [0.2, 0.25) is 0 Å². The molecule has 21 heavy (non-hydrogen) atoms. The van der Waals surface area contributed by atoms with Gasteiger partial charge in [-0.15, -0.1) is 0 Å². The SMILES string of the molecule is CNc1ccc(Cl)cc1C1=NN(c2ccc(F)cc2)CC1. The maximum atomic E-state index is 13.0. The Morgan fingerprint density at radius 1 is 1.19 bits per heavy atom. The molecule has 1 aliphatic rings. The summed E-state index contributed by atoms with van der Waals surface area (Å²) in [5.41, 5.74) is 3.87. The number of nitrogens with zero attached hydrogens (tertiary/aromatic N) is 2. The van der Waals surface area contributed by atoms with Crippen molar-refractivity contribution < 1.29 is 4.39 Å². The van der Waals surface area contributed by atoms with Gasteiger partial charge in [-0.05, 0) is 42.5 Å². The lowest BCUT2D eigenvalue weighted by atomic mass is 10.1. The monoisotopic (exact) mass is 303 g/mol. The van der Waals surface area contributed by atoms with Gasteiger partial charge in [-0.1, -0.05) is 11.6 Å². The zero-order chi connectivity index (χ0) is 14.8. The van der Waals surface area contributed by atoms with Crippen molar-refractivity contribution in [1.82, 2.24) is 0 Å². The normalized spacial score (nSPS) is 14.2. The molecule has 108 valence electrons. The van der Waals surface area contributed by atoms with Crippen molar-refractivity contribution in [2.45, 2.75) is 6.42 Å². The summed E-state index contributed by atoms with van der Waals surface area (Å²) < 4.78 is 13.0. The van der Waals surface area contributed by atoms with Gasteiger partial charge in [-0.2, -0.15) is 5.10 Å². The van der Waals surface area contributed by atoms with E-state index in [1.54, 1.807) is 12.1 Å². The van der Waals surface area contributed by atoms with E-state index in [1.807, 2.05) is 30.3 Å². The van der Waals surface area contributed by atoms with Gasteiger partial charge in [0.1, 0.15) is 5.82 Å². The van der Waals surface area contributed by atoms with E-state index in [9.17, 15) is 4.39 Å². The predicted octanol–water partition coefficient (Wildman–Crippen LogP) is 4.14. The summed E-state index contributed by atoms with van der Waals surface area (Å²) in [6.07, 6.45) is 0.826. The van der Waals surface area contributed by atoms with Crippen LogP contribution in [-0.4, -0.2) is 19.3 Å². The van der Waals surface area contributed by atoms with Crippen LogP contribution in [0.15, 0.2) is 47.6 Å². The van der Waals surface area contributed by atoms with Gasteiger partial charge in [0.25, 0.3) is 0 Å². The van der Waals surface area contributed by atoms with Crippen molar-refractivity contribution >= 4 is 28.7 Å². The lowest BCUT2D eigenvalue weighted by Gasteiger charge is -2.13. The van der Waals surface area contributed by atoms with E-state index >= 15 is 0 Å². The molecule has 0 fully saturated rings. The quantitative estimate of drug-likeness (QED) is 0.923. The minimum atomic E-state index is -0.241. The topological polar surface area (TPSA) is 27.6 Å². The highest BCUT2D eigenvalue weighted by Gasteiger charge is 2.19. The second-order valence-electron chi connectivity index (χ2n) is 4.84. The van der Waals surface area contributed by atoms with E-state index in [0.717, 1.165) is 35.6 Å². The Bertz CT molecular complexity index is 682. The molecule has 0 saturated carbocycles. The van der Waals surface area contributed by atoms with Crippen molar-refractivity contribution in [3.05, 3.63) is 58.9 Å².